The third-order valence-corrected chi connectivity index (χ3v) is 6.10. The van der Waals surface area contributed by atoms with Crippen molar-refractivity contribution in [1.29, 1.82) is 0 Å². The first-order valence-electron chi connectivity index (χ1n) is 9.55. The van der Waals surface area contributed by atoms with Gasteiger partial charge in [-0.25, -0.2) is 0 Å². The predicted octanol–water partition coefficient (Wildman–Crippen LogP) is 0.469. The van der Waals surface area contributed by atoms with Gasteiger partial charge in [-0.1, -0.05) is 0 Å². The molecule has 4 rings (SSSR count). The van der Waals surface area contributed by atoms with Gasteiger partial charge in [-0.15, -0.1) is 0 Å². The molecule has 3 aliphatic rings. The molecule has 8 nitrogen and oxygen atoms in total. The van der Waals surface area contributed by atoms with Crippen molar-refractivity contribution in [2.24, 2.45) is 5.41 Å². The van der Waals surface area contributed by atoms with Crippen LogP contribution in [0.4, 0.5) is 17.6 Å². The van der Waals surface area contributed by atoms with Crippen LogP contribution in [0.1, 0.15) is 32.1 Å². The number of piperidine rings is 2. The minimum atomic E-state index is -0.431. The lowest BCUT2D eigenvalue weighted by Crippen LogP contribution is -2.56. The Balaban J connectivity index is 1.50. The smallest absolute Gasteiger partial charge is 0.228 e. The summed E-state index contributed by atoms with van der Waals surface area (Å²) in [6, 6.07) is 2.02. The fourth-order valence-electron chi connectivity index (χ4n) is 4.70. The molecule has 1 aromatic heterocycles. The number of nitrogens with zero attached hydrogens (tertiary/aromatic N) is 5. The molecule has 4 heterocycles. The molecule has 3 saturated heterocycles. The van der Waals surface area contributed by atoms with Gasteiger partial charge >= 0.3 is 0 Å². The topological polar surface area (TPSA) is 98.8 Å². The summed E-state index contributed by atoms with van der Waals surface area (Å²) in [7, 11) is 1.78. The maximum absolute atomic E-state index is 12.7. The summed E-state index contributed by atoms with van der Waals surface area (Å²) in [6.07, 6.45) is 3.97. The zero-order valence-corrected chi connectivity index (χ0v) is 15.4. The first-order chi connectivity index (χ1) is 12.5. The number of carbonyl (C=O) groups excluding carboxylic acids is 1. The van der Waals surface area contributed by atoms with Crippen molar-refractivity contribution >= 4 is 23.5 Å². The number of aliphatic hydroxyl groups excluding tert-OH is 1. The zero-order chi connectivity index (χ0) is 18.3. The van der Waals surface area contributed by atoms with Crippen molar-refractivity contribution in [2.45, 2.75) is 38.2 Å². The van der Waals surface area contributed by atoms with Gasteiger partial charge in [-0.3, -0.25) is 4.79 Å². The highest BCUT2D eigenvalue weighted by molar-refractivity contribution is 5.84. The van der Waals surface area contributed by atoms with E-state index in [1.807, 2.05) is 6.07 Å². The van der Waals surface area contributed by atoms with Crippen LogP contribution in [0.5, 0.6) is 0 Å². The van der Waals surface area contributed by atoms with Gasteiger partial charge in [0, 0.05) is 45.8 Å². The number of anilines is 3. The van der Waals surface area contributed by atoms with Gasteiger partial charge < -0.3 is 25.5 Å². The summed E-state index contributed by atoms with van der Waals surface area (Å²) in [5, 5.41) is 10.1. The summed E-state index contributed by atoms with van der Waals surface area (Å²) < 4.78 is 0. The van der Waals surface area contributed by atoms with Crippen molar-refractivity contribution in [1.82, 2.24) is 14.9 Å². The van der Waals surface area contributed by atoms with Crippen LogP contribution in [0.15, 0.2) is 6.07 Å². The average Bonchev–Trinajstić information content (AvgIpc) is 3.14. The average molecular weight is 360 g/mol. The molecule has 0 radical (unpaired) electrons. The fourth-order valence-corrected chi connectivity index (χ4v) is 4.70. The predicted molar refractivity (Wildman–Crippen MR) is 100 cm³/mol. The number of likely N-dealkylation sites (tertiary alicyclic amines) is 1. The molecule has 1 aromatic rings. The summed E-state index contributed by atoms with van der Waals surface area (Å²) in [4.78, 5) is 27.7. The monoisotopic (exact) mass is 360 g/mol. The molecule has 26 heavy (non-hydrogen) atoms. The molecule has 0 aliphatic carbocycles. The van der Waals surface area contributed by atoms with Crippen molar-refractivity contribution < 1.29 is 9.90 Å². The molecule has 1 spiro atoms. The van der Waals surface area contributed by atoms with E-state index in [0.29, 0.717) is 18.9 Å². The van der Waals surface area contributed by atoms with Crippen LogP contribution in [-0.2, 0) is 4.79 Å². The van der Waals surface area contributed by atoms with Crippen molar-refractivity contribution in [3.05, 3.63) is 6.07 Å². The maximum atomic E-state index is 12.7. The van der Waals surface area contributed by atoms with E-state index in [1.165, 1.54) is 12.8 Å². The number of β-amino-alcohol motifs (C(OH)–C–C–N with tert-alkyl or cyclic N) is 1. The minimum absolute atomic E-state index is 0.169. The van der Waals surface area contributed by atoms with Crippen LogP contribution in [-0.4, -0.2) is 71.8 Å². The van der Waals surface area contributed by atoms with Crippen molar-refractivity contribution in [3.8, 4) is 0 Å². The van der Waals surface area contributed by atoms with E-state index in [-0.39, 0.29) is 5.91 Å². The van der Waals surface area contributed by atoms with Crippen LogP contribution in [0, 0.1) is 5.41 Å². The second-order valence-corrected chi connectivity index (χ2v) is 7.95. The molecule has 1 amide bonds. The Bertz CT molecular complexity index is 682. The van der Waals surface area contributed by atoms with E-state index >= 15 is 0 Å². The molecule has 0 saturated carbocycles. The largest absolute Gasteiger partial charge is 0.391 e. The van der Waals surface area contributed by atoms with Crippen molar-refractivity contribution in [3.63, 3.8) is 0 Å². The number of nitrogens with two attached hydrogens (primary N) is 1. The molecule has 1 unspecified atom stereocenters. The minimum Gasteiger partial charge on any atom is -0.391 e. The van der Waals surface area contributed by atoms with Crippen LogP contribution in [0.3, 0.4) is 0 Å². The molecule has 8 heteroatoms. The second-order valence-electron chi connectivity index (χ2n) is 7.95. The number of rotatable bonds is 2. The highest BCUT2D eigenvalue weighted by Crippen LogP contribution is 2.41. The molecule has 3 fully saturated rings. The number of aromatic nitrogens is 2. The van der Waals surface area contributed by atoms with Crippen LogP contribution in [0.25, 0.3) is 0 Å². The van der Waals surface area contributed by atoms with E-state index < -0.39 is 11.5 Å². The molecule has 142 valence electrons. The number of amides is 1. The van der Waals surface area contributed by atoms with Gasteiger partial charge in [0.1, 0.15) is 11.6 Å². The quantitative estimate of drug-likeness (QED) is 0.791. The Morgan fingerprint density at radius 3 is 2.31 bits per heavy atom. The normalized spacial score (nSPS) is 26.0. The summed E-state index contributed by atoms with van der Waals surface area (Å²) in [6.45, 7) is 3.94. The number of nitrogen functional groups attached to an aromatic ring is 1. The lowest BCUT2D eigenvalue weighted by atomic mass is 9.71. The highest BCUT2D eigenvalue weighted by atomic mass is 16.3. The van der Waals surface area contributed by atoms with Gasteiger partial charge in [0.15, 0.2) is 0 Å². The molecular formula is C18H28N6O2. The maximum Gasteiger partial charge on any atom is 0.228 e. The Morgan fingerprint density at radius 2 is 1.69 bits per heavy atom. The number of carbonyl (C=O) groups is 1. The second kappa shape index (κ2) is 6.57. The van der Waals surface area contributed by atoms with E-state index in [4.69, 9.17) is 5.73 Å². The number of hydrogen-bond acceptors (Lipinski definition) is 7. The van der Waals surface area contributed by atoms with Gasteiger partial charge in [-0.05, 0) is 32.1 Å². The van der Waals surface area contributed by atoms with Gasteiger partial charge in [-0.2, -0.15) is 9.97 Å². The van der Waals surface area contributed by atoms with Crippen LogP contribution >= 0.6 is 0 Å². The Hall–Kier alpha value is -2.09. The SMILES string of the molecule is CN1CC(O)CC2(CCN(c3cc(N4CCCC4)nc(N)n3)CC2)C1=O. The van der Waals surface area contributed by atoms with Gasteiger partial charge in [0.05, 0.1) is 11.5 Å². The Labute approximate surface area is 154 Å². The third kappa shape index (κ3) is 3.06. The molecule has 3 N–H and O–H groups in total. The van der Waals surface area contributed by atoms with Gasteiger partial charge in [0.25, 0.3) is 0 Å². The standard InChI is InChI=1S/C18H28N6O2/c1-22-12-13(25)11-18(16(22)26)4-8-24(9-5-18)15-10-14(20-17(19)21-15)23-6-2-3-7-23/h10,13,25H,2-9,11-12H2,1H3,(H2,19,20,21). The molecular weight excluding hydrogens is 332 g/mol. The Kier molecular flexibility index (Phi) is 4.38. The summed E-state index contributed by atoms with van der Waals surface area (Å²) in [5.41, 5.74) is 5.53. The van der Waals surface area contributed by atoms with E-state index in [9.17, 15) is 9.90 Å². The highest BCUT2D eigenvalue weighted by Gasteiger charge is 2.47. The lowest BCUT2D eigenvalue weighted by molar-refractivity contribution is -0.152. The van der Waals surface area contributed by atoms with Crippen LogP contribution < -0.4 is 15.5 Å². The van der Waals surface area contributed by atoms with E-state index in [1.54, 1.807) is 11.9 Å². The molecule has 1 atom stereocenters. The summed E-state index contributed by atoms with van der Waals surface area (Å²) >= 11 is 0. The fraction of sp³-hybridized carbons (Fsp3) is 0.722. The number of aliphatic hydroxyl groups is 1. The molecule has 3 aliphatic heterocycles. The number of hydrogen-bond donors (Lipinski definition) is 2. The first-order valence-corrected chi connectivity index (χ1v) is 9.55. The number of likely N-dealkylation sites (N-methyl/N-ethyl adjacent to an activating group) is 1. The zero-order valence-electron chi connectivity index (χ0n) is 15.4. The Morgan fingerprint density at radius 1 is 1.12 bits per heavy atom. The van der Waals surface area contributed by atoms with E-state index in [2.05, 4.69) is 19.8 Å². The molecule has 0 bridgehead atoms. The van der Waals surface area contributed by atoms with E-state index in [0.717, 1.165) is 50.7 Å². The third-order valence-electron chi connectivity index (χ3n) is 6.10. The van der Waals surface area contributed by atoms with Crippen molar-refractivity contribution in [2.75, 3.05) is 55.3 Å². The summed E-state index contributed by atoms with van der Waals surface area (Å²) in [5.74, 6) is 2.21. The van der Waals surface area contributed by atoms with Crippen LogP contribution in [0.2, 0.25) is 0 Å². The molecule has 0 aromatic carbocycles. The lowest BCUT2D eigenvalue weighted by Gasteiger charge is -2.47. The van der Waals surface area contributed by atoms with Gasteiger partial charge in [0.2, 0.25) is 11.9 Å². The first kappa shape index (κ1) is 17.3.